The normalized spacial score (nSPS) is 18.5. The number of nitrogens with one attached hydrogen (secondary N) is 2. The maximum Gasteiger partial charge on any atom is 0.434 e. The Kier molecular flexibility index (Phi) is 5.31. The van der Waals surface area contributed by atoms with E-state index in [-0.39, 0.29) is 12.0 Å². The quantitative estimate of drug-likeness (QED) is 0.655. The van der Waals surface area contributed by atoms with Crippen LogP contribution in [0.15, 0.2) is 10.4 Å². The third-order valence-electron chi connectivity index (χ3n) is 3.97. The van der Waals surface area contributed by atoms with Gasteiger partial charge in [0.2, 0.25) is 0 Å². The summed E-state index contributed by atoms with van der Waals surface area (Å²) in [4.78, 5) is 7.69. The maximum atomic E-state index is 12.5. The lowest BCUT2D eigenvalue weighted by Crippen LogP contribution is -2.41. The van der Waals surface area contributed by atoms with Gasteiger partial charge in [-0.05, 0) is 18.3 Å². The Balaban J connectivity index is 1.82. The van der Waals surface area contributed by atoms with Crippen molar-refractivity contribution in [2.45, 2.75) is 45.3 Å². The van der Waals surface area contributed by atoms with Gasteiger partial charge in [0.05, 0.1) is 6.54 Å². The van der Waals surface area contributed by atoms with E-state index in [1.165, 1.54) is 25.7 Å². The van der Waals surface area contributed by atoms with E-state index in [1.807, 2.05) is 0 Å². The Morgan fingerprint density at radius 1 is 1.36 bits per heavy atom. The van der Waals surface area contributed by atoms with Crippen LogP contribution in [-0.2, 0) is 12.7 Å². The van der Waals surface area contributed by atoms with Crippen LogP contribution in [0.4, 0.5) is 13.2 Å². The third kappa shape index (κ3) is 4.59. The Morgan fingerprint density at radius 3 is 2.59 bits per heavy atom. The van der Waals surface area contributed by atoms with Gasteiger partial charge in [-0.1, -0.05) is 19.8 Å². The Bertz CT molecular complexity index is 518. The molecule has 4 nitrogen and oxygen atoms in total. The molecule has 1 aromatic heterocycles. The molecular formula is C14H21F3N4S. The number of aliphatic imine (C=N–C) groups is 1. The largest absolute Gasteiger partial charge is 0.434 e. The lowest BCUT2D eigenvalue weighted by Gasteiger charge is -2.25. The van der Waals surface area contributed by atoms with Crippen LogP contribution in [0.25, 0.3) is 0 Å². The van der Waals surface area contributed by atoms with Crippen molar-refractivity contribution >= 4 is 17.3 Å². The van der Waals surface area contributed by atoms with Gasteiger partial charge in [0.25, 0.3) is 0 Å². The van der Waals surface area contributed by atoms with Crippen molar-refractivity contribution in [2.75, 3.05) is 13.6 Å². The van der Waals surface area contributed by atoms with Crippen molar-refractivity contribution in [1.82, 2.24) is 15.6 Å². The van der Waals surface area contributed by atoms with Crippen LogP contribution in [-0.4, -0.2) is 24.5 Å². The molecular weight excluding hydrogens is 313 g/mol. The first kappa shape index (κ1) is 17.1. The number of thiazole rings is 1. The van der Waals surface area contributed by atoms with Gasteiger partial charge >= 0.3 is 6.18 Å². The number of alkyl halides is 3. The molecule has 124 valence electrons. The summed E-state index contributed by atoms with van der Waals surface area (Å²) in [5, 5.41) is 7.69. The van der Waals surface area contributed by atoms with Gasteiger partial charge in [-0.3, -0.25) is 4.99 Å². The fraction of sp³-hybridized carbons (Fsp3) is 0.714. The van der Waals surface area contributed by atoms with Crippen molar-refractivity contribution in [3.05, 3.63) is 16.1 Å². The lowest BCUT2D eigenvalue weighted by molar-refractivity contribution is -0.140. The van der Waals surface area contributed by atoms with Crippen molar-refractivity contribution in [2.24, 2.45) is 10.4 Å². The number of nitrogens with zero attached hydrogens (tertiary/aromatic N) is 2. The molecule has 1 saturated carbocycles. The van der Waals surface area contributed by atoms with Crippen LogP contribution in [0.2, 0.25) is 0 Å². The maximum absolute atomic E-state index is 12.5. The van der Waals surface area contributed by atoms with Crippen LogP contribution in [0.5, 0.6) is 0 Å². The zero-order valence-corrected chi connectivity index (χ0v) is 13.6. The predicted molar refractivity (Wildman–Crippen MR) is 81.9 cm³/mol. The van der Waals surface area contributed by atoms with Gasteiger partial charge in [-0.25, -0.2) is 4.98 Å². The Morgan fingerprint density at radius 2 is 2.05 bits per heavy atom. The van der Waals surface area contributed by atoms with Crippen LogP contribution >= 0.6 is 11.3 Å². The Hall–Kier alpha value is -1.31. The third-order valence-corrected chi connectivity index (χ3v) is 4.81. The second-order valence-corrected chi connectivity index (χ2v) is 6.86. The molecule has 2 N–H and O–H groups in total. The topological polar surface area (TPSA) is 49.3 Å². The molecule has 0 aliphatic heterocycles. The fourth-order valence-corrected chi connectivity index (χ4v) is 3.35. The smallest absolute Gasteiger partial charge is 0.356 e. The molecule has 1 fully saturated rings. The van der Waals surface area contributed by atoms with Crippen LogP contribution < -0.4 is 10.6 Å². The molecule has 0 unspecified atom stereocenters. The van der Waals surface area contributed by atoms with E-state index in [4.69, 9.17) is 0 Å². The summed E-state index contributed by atoms with van der Waals surface area (Å²) >= 11 is 0.995. The number of aromatic nitrogens is 1. The number of halogens is 3. The summed E-state index contributed by atoms with van der Waals surface area (Å²) < 4.78 is 37.5. The monoisotopic (exact) mass is 334 g/mol. The van der Waals surface area contributed by atoms with E-state index in [2.05, 4.69) is 27.5 Å². The fourth-order valence-electron chi connectivity index (χ4n) is 2.60. The number of guanidine groups is 1. The van der Waals surface area contributed by atoms with Crippen LogP contribution in [0.1, 0.15) is 43.3 Å². The van der Waals surface area contributed by atoms with Gasteiger partial charge in [0, 0.05) is 19.0 Å². The predicted octanol–water partition coefficient (Wildman–Crippen LogP) is 3.41. The summed E-state index contributed by atoms with van der Waals surface area (Å²) in [6, 6.07) is 0. The molecule has 2 rings (SSSR count). The van der Waals surface area contributed by atoms with E-state index in [1.54, 1.807) is 7.05 Å². The van der Waals surface area contributed by atoms with Gasteiger partial charge in [0.1, 0.15) is 5.01 Å². The summed E-state index contributed by atoms with van der Waals surface area (Å²) in [5.41, 5.74) is -0.557. The van der Waals surface area contributed by atoms with Gasteiger partial charge in [0.15, 0.2) is 11.7 Å². The molecule has 0 spiro atoms. The van der Waals surface area contributed by atoms with Crippen LogP contribution in [0, 0.1) is 5.41 Å². The van der Waals surface area contributed by atoms with Crippen molar-refractivity contribution < 1.29 is 13.2 Å². The first-order valence-electron chi connectivity index (χ1n) is 7.28. The molecule has 8 heteroatoms. The van der Waals surface area contributed by atoms with Crippen molar-refractivity contribution in [3.63, 3.8) is 0 Å². The molecule has 0 bridgehead atoms. The lowest BCUT2D eigenvalue weighted by atomic mass is 9.89. The summed E-state index contributed by atoms with van der Waals surface area (Å²) in [6.45, 7) is 3.30. The standard InChI is InChI=1S/C14H21F3N4S/c1-13(5-3-4-6-13)9-20-12(18-2)19-7-11-21-10(8-22-11)14(15,16)17/h8H,3-7,9H2,1-2H3,(H2,18,19,20). The summed E-state index contributed by atoms with van der Waals surface area (Å²) in [7, 11) is 1.65. The molecule has 0 amide bonds. The average Bonchev–Trinajstić information content (AvgIpc) is 3.08. The molecule has 1 aromatic rings. The minimum atomic E-state index is -4.38. The van der Waals surface area contributed by atoms with Gasteiger partial charge in [-0.15, -0.1) is 11.3 Å². The van der Waals surface area contributed by atoms with Gasteiger partial charge < -0.3 is 10.6 Å². The highest BCUT2D eigenvalue weighted by atomic mass is 32.1. The van der Waals surface area contributed by atoms with Crippen molar-refractivity contribution in [1.29, 1.82) is 0 Å². The first-order valence-corrected chi connectivity index (χ1v) is 8.16. The number of rotatable bonds is 4. The highest BCUT2D eigenvalue weighted by molar-refractivity contribution is 7.09. The highest BCUT2D eigenvalue weighted by Gasteiger charge is 2.33. The van der Waals surface area contributed by atoms with E-state index in [0.717, 1.165) is 23.3 Å². The molecule has 0 atom stereocenters. The molecule has 0 aromatic carbocycles. The van der Waals surface area contributed by atoms with Crippen molar-refractivity contribution in [3.8, 4) is 0 Å². The van der Waals surface area contributed by atoms with E-state index < -0.39 is 11.9 Å². The SMILES string of the molecule is CN=C(NCc1nc(C(F)(F)F)cs1)NCC1(C)CCCC1. The molecule has 1 aliphatic rings. The van der Waals surface area contributed by atoms with Crippen LogP contribution in [0.3, 0.4) is 0 Å². The zero-order valence-electron chi connectivity index (χ0n) is 12.8. The average molecular weight is 334 g/mol. The second kappa shape index (κ2) is 6.85. The minimum Gasteiger partial charge on any atom is -0.356 e. The van der Waals surface area contributed by atoms with E-state index in [9.17, 15) is 13.2 Å². The molecule has 1 heterocycles. The first-order chi connectivity index (χ1) is 10.3. The number of hydrogen-bond donors (Lipinski definition) is 2. The van der Waals surface area contributed by atoms with E-state index >= 15 is 0 Å². The zero-order chi connectivity index (χ0) is 16.2. The minimum absolute atomic E-state index is 0.233. The molecule has 0 saturated heterocycles. The van der Waals surface area contributed by atoms with Gasteiger partial charge in [-0.2, -0.15) is 13.2 Å². The Labute approximate surface area is 132 Å². The summed E-state index contributed by atoms with van der Waals surface area (Å²) in [5.74, 6) is 0.594. The van der Waals surface area contributed by atoms with E-state index in [0.29, 0.717) is 11.0 Å². The summed E-state index contributed by atoms with van der Waals surface area (Å²) in [6.07, 6.45) is 0.510. The second-order valence-electron chi connectivity index (χ2n) is 5.92. The molecule has 0 radical (unpaired) electrons. The highest BCUT2D eigenvalue weighted by Crippen LogP contribution is 2.36. The molecule has 1 aliphatic carbocycles. The molecule has 22 heavy (non-hydrogen) atoms. The number of hydrogen-bond acceptors (Lipinski definition) is 3.